The highest BCUT2D eigenvalue weighted by molar-refractivity contribution is 9.11. The molecule has 1 nitrogen and oxygen atoms in total. The lowest BCUT2D eigenvalue weighted by Gasteiger charge is -2.17. The Balaban J connectivity index is 2.49. The van der Waals surface area contributed by atoms with Crippen LogP contribution >= 0.6 is 47.8 Å². The molecule has 0 fully saturated rings. The van der Waals surface area contributed by atoms with Crippen molar-refractivity contribution < 1.29 is 4.39 Å². The first-order valence-electron chi connectivity index (χ1n) is 5.56. The first-order chi connectivity index (χ1) is 8.90. The van der Waals surface area contributed by atoms with Gasteiger partial charge >= 0.3 is 0 Å². The highest BCUT2D eigenvalue weighted by Crippen LogP contribution is 2.34. The Labute approximate surface area is 136 Å². The van der Waals surface area contributed by atoms with E-state index in [0.29, 0.717) is 4.47 Å². The van der Waals surface area contributed by atoms with Gasteiger partial charge in [-0.2, -0.15) is 0 Å². The van der Waals surface area contributed by atoms with Crippen LogP contribution in [0.1, 0.15) is 22.7 Å². The van der Waals surface area contributed by atoms with Crippen LogP contribution in [0.5, 0.6) is 0 Å². The van der Waals surface area contributed by atoms with Crippen molar-refractivity contribution >= 4 is 47.8 Å². The Morgan fingerprint density at radius 3 is 2.21 bits per heavy atom. The van der Waals surface area contributed by atoms with E-state index in [4.69, 9.17) is 5.73 Å². The van der Waals surface area contributed by atoms with Gasteiger partial charge in [-0.25, -0.2) is 4.39 Å². The van der Waals surface area contributed by atoms with Crippen molar-refractivity contribution in [3.05, 3.63) is 66.3 Å². The monoisotopic (exact) mass is 449 g/mol. The Morgan fingerprint density at radius 2 is 1.58 bits per heavy atom. The van der Waals surface area contributed by atoms with E-state index in [1.54, 1.807) is 6.07 Å². The summed E-state index contributed by atoms with van der Waals surface area (Å²) < 4.78 is 15.7. The SMILES string of the molecule is Cc1cc(Br)c(C(N)c2ccc(F)cc2Br)cc1Br. The quantitative estimate of drug-likeness (QED) is 0.643. The molecular weight excluding hydrogens is 441 g/mol. The lowest BCUT2D eigenvalue weighted by atomic mass is 9.99. The van der Waals surface area contributed by atoms with Crippen LogP contribution in [-0.4, -0.2) is 0 Å². The van der Waals surface area contributed by atoms with E-state index in [1.807, 2.05) is 19.1 Å². The molecule has 1 atom stereocenters. The van der Waals surface area contributed by atoms with Gasteiger partial charge in [0.15, 0.2) is 0 Å². The largest absolute Gasteiger partial charge is 0.320 e. The number of rotatable bonds is 2. The number of nitrogens with two attached hydrogens (primary N) is 1. The Bertz CT molecular complexity index is 628. The normalized spacial score (nSPS) is 12.5. The molecule has 0 aliphatic heterocycles. The van der Waals surface area contributed by atoms with Crippen molar-refractivity contribution in [3.8, 4) is 0 Å². The zero-order valence-electron chi connectivity index (χ0n) is 10.1. The summed E-state index contributed by atoms with van der Waals surface area (Å²) in [5, 5.41) is 0. The van der Waals surface area contributed by atoms with Crippen LogP contribution in [0.25, 0.3) is 0 Å². The second-order valence-electron chi connectivity index (χ2n) is 4.27. The van der Waals surface area contributed by atoms with Crippen LogP contribution in [-0.2, 0) is 0 Å². The minimum Gasteiger partial charge on any atom is -0.320 e. The van der Waals surface area contributed by atoms with Gasteiger partial charge in [0.2, 0.25) is 0 Å². The number of aryl methyl sites for hydroxylation is 1. The summed E-state index contributed by atoms with van der Waals surface area (Å²) in [5.74, 6) is -0.285. The van der Waals surface area contributed by atoms with E-state index in [2.05, 4.69) is 47.8 Å². The van der Waals surface area contributed by atoms with Gasteiger partial charge in [0.1, 0.15) is 5.82 Å². The van der Waals surface area contributed by atoms with E-state index in [9.17, 15) is 4.39 Å². The number of hydrogen-bond acceptors (Lipinski definition) is 1. The average molecular weight is 452 g/mol. The van der Waals surface area contributed by atoms with E-state index in [-0.39, 0.29) is 11.9 Å². The van der Waals surface area contributed by atoms with E-state index in [1.165, 1.54) is 12.1 Å². The fourth-order valence-corrected chi connectivity index (χ4v) is 3.48. The molecule has 0 saturated heterocycles. The highest BCUT2D eigenvalue weighted by Gasteiger charge is 2.16. The topological polar surface area (TPSA) is 26.0 Å². The molecular formula is C14H11Br3FN. The highest BCUT2D eigenvalue weighted by atomic mass is 79.9. The van der Waals surface area contributed by atoms with Crippen molar-refractivity contribution in [1.82, 2.24) is 0 Å². The second kappa shape index (κ2) is 6.04. The molecule has 2 aromatic rings. The molecule has 0 heterocycles. The molecule has 0 aliphatic carbocycles. The first kappa shape index (κ1) is 15.2. The van der Waals surface area contributed by atoms with Crippen LogP contribution in [0.2, 0.25) is 0 Å². The molecule has 5 heteroatoms. The first-order valence-corrected chi connectivity index (χ1v) is 7.94. The van der Waals surface area contributed by atoms with Crippen molar-refractivity contribution in [2.45, 2.75) is 13.0 Å². The maximum atomic E-state index is 13.1. The van der Waals surface area contributed by atoms with Crippen LogP contribution in [0.3, 0.4) is 0 Å². The molecule has 1 unspecified atom stereocenters. The van der Waals surface area contributed by atoms with E-state index in [0.717, 1.165) is 25.6 Å². The zero-order chi connectivity index (χ0) is 14.2. The standard InChI is InChI=1S/C14H11Br3FN/c1-7-4-12(16)10(6-11(7)15)14(19)9-3-2-8(18)5-13(9)17/h2-6,14H,19H2,1H3. The second-order valence-corrected chi connectivity index (χ2v) is 6.83. The minimum atomic E-state index is -0.332. The summed E-state index contributed by atoms with van der Waals surface area (Å²) in [7, 11) is 0. The van der Waals surface area contributed by atoms with Gasteiger partial charge in [0.25, 0.3) is 0 Å². The summed E-state index contributed by atoms with van der Waals surface area (Å²) in [4.78, 5) is 0. The molecule has 2 N–H and O–H groups in total. The molecule has 0 spiro atoms. The third kappa shape index (κ3) is 3.27. The Morgan fingerprint density at radius 1 is 0.947 bits per heavy atom. The molecule has 0 aliphatic rings. The predicted molar refractivity (Wildman–Crippen MR) is 86.7 cm³/mol. The van der Waals surface area contributed by atoms with Gasteiger partial charge < -0.3 is 5.73 Å². The van der Waals surface area contributed by atoms with Crippen molar-refractivity contribution in [3.63, 3.8) is 0 Å². The van der Waals surface area contributed by atoms with Gasteiger partial charge in [0, 0.05) is 13.4 Å². The van der Waals surface area contributed by atoms with E-state index >= 15 is 0 Å². The minimum absolute atomic E-state index is 0.285. The Hall–Kier alpha value is -0.230. The Kier molecular flexibility index (Phi) is 4.82. The van der Waals surface area contributed by atoms with Gasteiger partial charge in [-0.05, 0) is 47.9 Å². The van der Waals surface area contributed by atoms with Crippen LogP contribution in [0, 0.1) is 12.7 Å². The molecule has 0 aromatic heterocycles. The molecule has 2 rings (SSSR count). The number of hydrogen-bond donors (Lipinski definition) is 1. The van der Waals surface area contributed by atoms with Gasteiger partial charge in [-0.3, -0.25) is 0 Å². The molecule has 100 valence electrons. The van der Waals surface area contributed by atoms with Crippen LogP contribution < -0.4 is 5.73 Å². The molecule has 0 radical (unpaired) electrons. The van der Waals surface area contributed by atoms with Crippen molar-refractivity contribution in [1.29, 1.82) is 0 Å². The lowest BCUT2D eigenvalue weighted by Crippen LogP contribution is -2.13. The van der Waals surface area contributed by atoms with Gasteiger partial charge in [-0.1, -0.05) is 53.9 Å². The smallest absolute Gasteiger partial charge is 0.124 e. The summed E-state index contributed by atoms with van der Waals surface area (Å²) in [6.45, 7) is 2.01. The number of halogens is 4. The fourth-order valence-electron chi connectivity index (χ4n) is 1.82. The van der Waals surface area contributed by atoms with Crippen LogP contribution in [0.4, 0.5) is 4.39 Å². The molecule has 0 amide bonds. The van der Waals surface area contributed by atoms with E-state index < -0.39 is 0 Å². The summed E-state index contributed by atoms with van der Waals surface area (Å²) in [6.07, 6.45) is 0. The van der Waals surface area contributed by atoms with Crippen LogP contribution in [0.15, 0.2) is 43.7 Å². The third-order valence-corrected chi connectivity index (χ3v) is 5.14. The summed E-state index contributed by atoms with van der Waals surface area (Å²) >= 11 is 10.4. The predicted octanol–water partition coefficient (Wildman–Crippen LogP) is 5.47. The number of benzene rings is 2. The fraction of sp³-hybridized carbons (Fsp3) is 0.143. The lowest BCUT2D eigenvalue weighted by molar-refractivity contribution is 0.625. The molecule has 0 saturated carbocycles. The van der Waals surface area contributed by atoms with Gasteiger partial charge in [0.05, 0.1) is 6.04 Å². The maximum Gasteiger partial charge on any atom is 0.124 e. The molecule has 0 bridgehead atoms. The third-order valence-electron chi connectivity index (χ3n) is 2.91. The maximum absolute atomic E-state index is 13.1. The zero-order valence-corrected chi connectivity index (χ0v) is 14.8. The van der Waals surface area contributed by atoms with Gasteiger partial charge in [-0.15, -0.1) is 0 Å². The molecule has 19 heavy (non-hydrogen) atoms. The van der Waals surface area contributed by atoms with Crippen molar-refractivity contribution in [2.24, 2.45) is 5.73 Å². The average Bonchev–Trinajstić information content (AvgIpc) is 2.33. The summed E-state index contributed by atoms with van der Waals surface area (Å²) in [6, 6.07) is 8.20. The van der Waals surface area contributed by atoms with Crippen molar-refractivity contribution in [2.75, 3.05) is 0 Å². The molecule has 2 aromatic carbocycles. The summed E-state index contributed by atoms with van der Waals surface area (Å²) in [5.41, 5.74) is 9.20.